The van der Waals surface area contributed by atoms with Crippen molar-refractivity contribution in [3.8, 4) is 0 Å². The van der Waals surface area contributed by atoms with E-state index in [4.69, 9.17) is 0 Å². The molecular weight excluding hydrogens is 240 g/mol. The van der Waals surface area contributed by atoms with Gasteiger partial charge in [-0.1, -0.05) is 24.3 Å². The molecule has 3 rings (SSSR count). The first-order chi connectivity index (χ1) is 8.84. The van der Waals surface area contributed by atoms with Gasteiger partial charge >= 0.3 is 0 Å². The molecule has 2 aliphatic heterocycles. The molecule has 1 saturated heterocycles. The van der Waals surface area contributed by atoms with Gasteiger partial charge in [-0.3, -0.25) is 4.90 Å². The minimum Gasteiger partial charge on any atom is -0.309 e. The Hall–Kier alpha value is -0.510. The van der Waals surface area contributed by atoms with Crippen molar-refractivity contribution in [2.45, 2.75) is 25.4 Å². The van der Waals surface area contributed by atoms with Crippen molar-refractivity contribution in [1.29, 1.82) is 0 Å². The molecule has 1 aromatic carbocycles. The van der Waals surface area contributed by atoms with Crippen molar-refractivity contribution in [1.82, 2.24) is 10.2 Å². The molecule has 3 heteroatoms. The van der Waals surface area contributed by atoms with Crippen molar-refractivity contribution in [2.24, 2.45) is 0 Å². The summed E-state index contributed by atoms with van der Waals surface area (Å²) in [5.74, 6) is 2.58. The predicted molar refractivity (Wildman–Crippen MR) is 79.2 cm³/mol. The summed E-state index contributed by atoms with van der Waals surface area (Å²) in [5.41, 5.74) is 3.06. The zero-order valence-corrected chi connectivity index (χ0v) is 11.9. The number of thioether (sulfide) groups is 1. The second kappa shape index (κ2) is 5.64. The molecule has 0 saturated carbocycles. The molecule has 0 bridgehead atoms. The van der Waals surface area contributed by atoms with Crippen molar-refractivity contribution in [2.75, 3.05) is 31.1 Å². The molecular formula is C15H22N2S. The fourth-order valence-electron chi connectivity index (χ4n) is 3.02. The van der Waals surface area contributed by atoms with Crippen LogP contribution in [0.25, 0.3) is 0 Å². The second-order valence-electron chi connectivity index (χ2n) is 5.37. The molecule has 2 nitrogen and oxygen atoms in total. The van der Waals surface area contributed by atoms with Gasteiger partial charge in [-0.05, 0) is 31.0 Å². The number of rotatable bonds is 2. The zero-order valence-electron chi connectivity index (χ0n) is 11.1. The Kier molecular flexibility index (Phi) is 3.92. The minimum atomic E-state index is 0.528. The third-order valence-electron chi connectivity index (χ3n) is 4.14. The molecule has 0 aliphatic carbocycles. The van der Waals surface area contributed by atoms with Crippen LogP contribution in [-0.2, 0) is 6.42 Å². The number of benzene rings is 1. The molecule has 2 atom stereocenters. The van der Waals surface area contributed by atoms with Crippen LogP contribution >= 0.6 is 11.8 Å². The van der Waals surface area contributed by atoms with Gasteiger partial charge in [-0.25, -0.2) is 0 Å². The van der Waals surface area contributed by atoms with Crippen LogP contribution in [0.5, 0.6) is 0 Å². The average Bonchev–Trinajstić information content (AvgIpc) is 2.42. The van der Waals surface area contributed by atoms with Crippen LogP contribution < -0.4 is 5.32 Å². The predicted octanol–water partition coefficient (Wildman–Crippen LogP) is 2.31. The van der Waals surface area contributed by atoms with Crippen molar-refractivity contribution < 1.29 is 0 Å². The van der Waals surface area contributed by atoms with Crippen molar-refractivity contribution in [3.63, 3.8) is 0 Å². The zero-order chi connectivity index (χ0) is 12.4. The highest BCUT2D eigenvalue weighted by atomic mass is 32.2. The fourth-order valence-corrected chi connectivity index (χ4v) is 4.11. The molecule has 1 aromatic rings. The first kappa shape index (κ1) is 12.5. The van der Waals surface area contributed by atoms with Gasteiger partial charge in [0.15, 0.2) is 0 Å². The van der Waals surface area contributed by atoms with E-state index in [1.165, 1.54) is 36.6 Å². The summed E-state index contributed by atoms with van der Waals surface area (Å²) in [7, 11) is 0. The number of nitrogens with zero attached hydrogens (tertiary/aromatic N) is 1. The first-order valence-electron chi connectivity index (χ1n) is 6.97. The molecule has 1 fully saturated rings. The number of hydrogen-bond donors (Lipinski definition) is 1. The quantitative estimate of drug-likeness (QED) is 0.880. The number of nitrogens with one attached hydrogen (secondary N) is 1. The van der Waals surface area contributed by atoms with Gasteiger partial charge in [-0.2, -0.15) is 11.8 Å². The highest BCUT2D eigenvalue weighted by Gasteiger charge is 2.25. The monoisotopic (exact) mass is 262 g/mol. The highest BCUT2D eigenvalue weighted by Crippen LogP contribution is 2.25. The van der Waals surface area contributed by atoms with Gasteiger partial charge in [0.2, 0.25) is 0 Å². The van der Waals surface area contributed by atoms with Gasteiger partial charge in [0.05, 0.1) is 0 Å². The Balaban J connectivity index is 1.73. The average molecular weight is 262 g/mol. The van der Waals surface area contributed by atoms with E-state index in [9.17, 15) is 0 Å². The lowest BCUT2D eigenvalue weighted by Gasteiger charge is -2.37. The Labute approximate surface area is 114 Å². The van der Waals surface area contributed by atoms with E-state index in [0.29, 0.717) is 6.04 Å². The molecule has 0 spiro atoms. The van der Waals surface area contributed by atoms with E-state index in [1.54, 1.807) is 5.56 Å². The van der Waals surface area contributed by atoms with Crippen LogP contribution in [0.15, 0.2) is 24.3 Å². The Morgan fingerprint density at radius 2 is 2.28 bits per heavy atom. The molecule has 18 heavy (non-hydrogen) atoms. The lowest BCUT2D eigenvalue weighted by molar-refractivity contribution is 0.204. The Bertz CT molecular complexity index is 407. The third kappa shape index (κ3) is 2.58. The summed E-state index contributed by atoms with van der Waals surface area (Å²) in [5, 5.41) is 3.69. The van der Waals surface area contributed by atoms with Gasteiger partial charge in [0.25, 0.3) is 0 Å². The van der Waals surface area contributed by atoms with Crippen molar-refractivity contribution >= 4 is 11.8 Å². The topological polar surface area (TPSA) is 15.3 Å². The van der Waals surface area contributed by atoms with Crippen LogP contribution in [0.2, 0.25) is 0 Å². The lowest BCUT2D eigenvalue weighted by atomic mass is 9.94. The standard InChI is InChI=1S/C15H22N2S/c1-12-11-18-9-8-17(12)10-15-14-5-3-2-4-13(14)6-7-16-15/h2-5,12,15-16H,6-11H2,1H3. The van der Waals surface area contributed by atoms with Crippen LogP contribution in [-0.4, -0.2) is 42.1 Å². The number of fused-ring (bicyclic) bond motifs is 1. The highest BCUT2D eigenvalue weighted by molar-refractivity contribution is 7.99. The first-order valence-corrected chi connectivity index (χ1v) is 8.13. The molecule has 1 N–H and O–H groups in total. The smallest absolute Gasteiger partial charge is 0.0452 e. The van der Waals surface area contributed by atoms with E-state index in [0.717, 1.165) is 12.6 Å². The molecule has 0 aromatic heterocycles. The third-order valence-corrected chi connectivity index (χ3v) is 5.33. The molecule has 2 heterocycles. The summed E-state index contributed by atoms with van der Waals surface area (Å²) in [6.45, 7) is 5.89. The van der Waals surface area contributed by atoms with E-state index in [1.807, 2.05) is 0 Å². The van der Waals surface area contributed by atoms with Gasteiger partial charge in [0.1, 0.15) is 0 Å². The minimum absolute atomic E-state index is 0.528. The van der Waals surface area contributed by atoms with Crippen LogP contribution in [0, 0.1) is 0 Å². The molecule has 0 radical (unpaired) electrons. The summed E-state index contributed by atoms with van der Waals surface area (Å²) < 4.78 is 0. The van der Waals surface area contributed by atoms with E-state index in [-0.39, 0.29) is 0 Å². The maximum absolute atomic E-state index is 3.69. The van der Waals surface area contributed by atoms with E-state index < -0.39 is 0 Å². The molecule has 2 aliphatic rings. The molecule has 0 amide bonds. The molecule has 2 unspecified atom stereocenters. The largest absolute Gasteiger partial charge is 0.309 e. The summed E-state index contributed by atoms with van der Waals surface area (Å²) >= 11 is 2.09. The SMILES string of the molecule is CC1CSCCN1CC1NCCc2ccccc21. The van der Waals surface area contributed by atoms with Gasteiger partial charge in [-0.15, -0.1) is 0 Å². The van der Waals surface area contributed by atoms with Crippen LogP contribution in [0.3, 0.4) is 0 Å². The summed E-state index contributed by atoms with van der Waals surface area (Å²) in [6, 6.07) is 10.2. The second-order valence-corrected chi connectivity index (χ2v) is 6.52. The molecule has 98 valence electrons. The van der Waals surface area contributed by atoms with Crippen LogP contribution in [0.1, 0.15) is 24.1 Å². The maximum atomic E-state index is 3.69. The Morgan fingerprint density at radius 1 is 1.39 bits per heavy atom. The van der Waals surface area contributed by atoms with Crippen molar-refractivity contribution in [3.05, 3.63) is 35.4 Å². The number of hydrogen-bond acceptors (Lipinski definition) is 3. The normalized spacial score (nSPS) is 28.9. The maximum Gasteiger partial charge on any atom is 0.0452 e. The van der Waals surface area contributed by atoms with E-state index >= 15 is 0 Å². The van der Waals surface area contributed by atoms with Crippen LogP contribution in [0.4, 0.5) is 0 Å². The fraction of sp³-hybridized carbons (Fsp3) is 0.600. The summed E-state index contributed by atoms with van der Waals surface area (Å²) in [6.07, 6.45) is 1.18. The lowest BCUT2D eigenvalue weighted by Crippen LogP contribution is -2.46. The Morgan fingerprint density at radius 3 is 3.17 bits per heavy atom. The van der Waals surface area contributed by atoms with Gasteiger partial charge < -0.3 is 5.32 Å². The summed E-state index contributed by atoms with van der Waals surface area (Å²) in [4.78, 5) is 2.65. The van der Waals surface area contributed by atoms with E-state index in [2.05, 4.69) is 53.2 Å². The van der Waals surface area contributed by atoms with Gasteiger partial charge in [0, 0.05) is 36.7 Å².